The fourth-order valence-corrected chi connectivity index (χ4v) is 4.61. The Morgan fingerprint density at radius 1 is 1.16 bits per heavy atom. The third-order valence-electron chi connectivity index (χ3n) is 6.34. The van der Waals surface area contributed by atoms with Gasteiger partial charge in [-0.15, -0.1) is 0 Å². The van der Waals surface area contributed by atoms with Crippen LogP contribution < -0.4 is 15.4 Å². The van der Waals surface area contributed by atoms with Crippen molar-refractivity contribution in [2.45, 2.75) is 50.2 Å². The van der Waals surface area contributed by atoms with Crippen molar-refractivity contribution in [1.29, 1.82) is 0 Å². The van der Waals surface area contributed by atoms with Gasteiger partial charge in [-0.3, -0.25) is 0 Å². The van der Waals surface area contributed by atoms with Gasteiger partial charge in [0.2, 0.25) is 0 Å². The van der Waals surface area contributed by atoms with Gasteiger partial charge in [0.15, 0.2) is 23.1 Å². The minimum Gasteiger partial charge on any atom is -0.495 e. The molecule has 1 saturated carbocycles. The van der Waals surface area contributed by atoms with Crippen molar-refractivity contribution in [1.82, 2.24) is 24.9 Å². The van der Waals surface area contributed by atoms with Crippen LogP contribution >= 0.6 is 0 Å². The number of imidazole rings is 1. The lowest BCUT2D eigenvalue weighted by Crippen LogP contribution is -2.46. The van der Waals surface area contributed by atoms with Crippen molar-refractivity contribution in [2.24, 2.45) is 0 Å². The first-order valence-corrected chi connectivity index (χ1v) is 11.0. The number of anilines is 1. The van der Waals surface area contributed by atoms with Gasteiger partial charge in [0, 0.05) is 24.6 Å². The zero-order chi connectivity index (χ0) is 22.2. The molecule has 2 aliphatic rings. The molecule has 0 aromatic carbocycles. The summed E-state index contributed by atoms with van der Waals surface area (Å²) < 4.78 is 50.6. The van der Waals surface area contributed by atoms with Gasteiger partial charge in [-0.1, -0.05) is 12.8 Å². The number of nitrogens with one attached hydrogen (secondary N) is 2. The molecule has 7 nitrogen and oxygen atoms in total. The second-order valence-corrected chi connectivity index (χ2v) is 8.40. The maximum Gasteiger partial charge on any atom is 0.168 e. The summed E-state index contributed by atoms with van der Waals surface area (Å²) in [6.07, 6.45) is 4.89. The smallest absolute Gasteiger partial charge is 0.168 e. The standard InChI is InChI=1S/C22H25F3N6O/c1-32-18-9-19-27-11-17(31(19)30-20(18)12-4-2-3-5-12)21-14(24)8-15(25)22(29-21)28-16-10-26-7-6-13(16)23/h8-9,11-13,16,26H,2-7,10H2,1H3,(H,28,29)/t13-,16-/m0/s1. The number of piperidine rings is 1. The summed E-state index contributed by atoms with van der Waals surface area (Å²) in [7, 11) is 1.59. The molecule has 0 bridgehead atoms. The minimum atomic E-state index is -1.15. The van der Waals surface area contributed by atoms with Crippen molar-refractivity contribution in [3.05, 3.63) is 35.7 Å². The summed E-state index contributed by atoms with van der Waals surface area (Å²) in [4.78, 5) is 8.50. The highest BCUT2D eigenvalue weighted by Gasteiger charge is 2.28. The fraction of sp³-hybridized carbons (Fsp3) is 0.500. The van der Waals surface area contributed by atoms with Crippen LogP contribution in [0.15, 0.2) is 18.3 Å². The van der Waals surface area contributed by atoms with Crippen LogP contribution in [0.1, 0.15) is 43.7 Å². The van der Waals surface area contributed by atoms with Crippen LogP contribution in [0, 0.1) is 11.6 Å². The highest BCUT2D eigenvalue weighted by atomic mass is 19.1. The Hall–Kier alpha value is -2.88. The Labute approximate surface area is 183 Å². The molecule has 170 valence electrons. The van der Waals surface area contributed by atoms with Gasteiger partial charge in [0.05, 0.1) is 19.3 Å². The molecule has 0 spiro atoms. The van der Waals surface area contributed by atoms with E-state index in [1.807, 2.05) is 0 Å². The Morgan fingerprint density at radius 3 is 2.72 bits per heavy atom. The molecule has 3 aromatic heterocycles. The van der Waals surface area contributed by atoms with Gasteiger partial charge >= 0.3 is 0 Å². The normalized spacial score (nSPS) is 21.9. The van der Waals surface area contributed by atoms with E-state index in [1.165, 1.54) is 10.7 Å². The van der Waals surface area contributed by atoms with Crippen LogP contribution in [0.4, 0.5) is 19.0 Å². The van der Waals surface area contributed by atoms with Crippen LogP contribution in [0.2, 0.25) is 0 Å². The number of fused-ring (bicyclic) bond motifs is 1. The number of aromatic nitrogens is 4. The first-order valence-electron chi connectivity index (χ1n) is 11.0. The number of hydrogen-bond acceptors (Lipinski definition) is 6. The second-order valence-electron chi connectivity index (χ2n) is 8.40. The molecule has 0 unspecified atom stereocenters. The van der Waals surface area contributed by atoms with Gasteiger partial charge in [-0.2, -0.15) is 5.10 Å². The van der Waals surface area contributed by atoms with Gasteiger partial charge in [0.25, 0.3) is 0 Å². The molecule has 2 atom stereocenters. The number of pyridine rings is 1. The lowest BCUT2D eigenvalue weighted by Gasteiger charge is -2.28. The average Bonchev–Trinajstić information content (AvgIpc) is 3.46. The monoisotopic (exact) mass is 446 g/mol. The van der Waals surface area contributed by atoms with E-state index in [0.717, 1.165) is 37.4 Å². The third kappa shape index (κ3) is 3.76. The molecule has 0 radical (unpaired) electrons. The lowest BCUT2D eigenvalue weighted by atomic mass is 10.0. The maximum atomic E-state index is 14.8. The number of halogens is 3. The molecule has 1 aliphatic carbocycles. The van der Waals surface area contributed by atoms with Crippen LogP contribution in [0.3, 0.4) is 0 Å². The lowest BCUT2D eigenvalue weighted by molar-refractivity contribution is 0.240. The molecule has 0 amide bonds. The molecular weight excluding hydrogens is 421 g/mol. The minimum absolute atomic E-state index is 0.101. The largest absolute Gasteiger partial charge is 0.495 e. The Balaban J connectivity index is 1.56. The van der Waals surface area contributed by atoms with Crippen LogP contribution in [-0.2, 0) is 0 Å². The van der Waals surface area contributed by atoms with Crippen molar-refractivity contribution in [3.8, 4) is 17.1 Å². The van der Waals surface area contributed by atoms with E-state index in [1.54, 1.807) is 13.2 Å². The summed E-state index contributed by atoms with van der Waals surface area (Å²) in [5.41, 5.74) is 1.46. The van der Waals surface area contributed by atoms with E-state index in [0.29, 0.717) is 36.6 Å². The van der Waals surface area contributed by atoms with Gasteiger partial charge < -0.3 is 15.4 Å². The highest BCUT2D eigenvalue weighted by molar-refractivity contribution is 5.63. The number of alkyl halides is 1. The zero-order valence-electron chi connectivity index (χ0n) is 17.7. The quantitative estimate of drug-likeness (QED) is 0.620. The third-order valence-corrected chi connectivity index (χ3v) is 6.34. The second kappa shape index (κ2) is 8.57. The Kier molecular flexibility index (Phi) is 5.62. The first kappa shape index (κ1) is 21.0. The predicted octanol–water partition coefficient (Wildman–Crippen LogP) is 3.85. The summed E-state index contributed by atoms with van der Waals surface area (Å²) >= 11 is 0. The number of hydrogen-bond donors (Lipinski definition) is 2. The molecular formula is C22H25F3N6O. The van der Waals surface area contributed by atoms with E-state index in [-0.39, 0.29) is 17.4 Å². The van der Waals surface area contributed by atoms with E-state index in [2.05, 4.69) is 20.6 Å². The number of rotatable bonds is 5. The predicted molar refractivity (Wildman–Crippen MR) is 114 cm³/mol. The topological polar surface area (TPSA) is 76.4 Å². The zero-order valence-corrected chi connectivity index (χ0v) is 17.7. The van der Waals surface area contributed by atoms with E-state index in [4.69, 9.17) is 9.84 Å². The summed E-state index contributed by atoms with van der Waals surface area (Å²) in [5.74, 6) is -1.01. The van der Waals surface area contributed by atoms with E-state index < -0.39 is 23.8 Å². The molecule has 1 saturated heterocycles. The molecule has 32 heavy (non-hydrogen) atoms. The van der Waals surface area contributed by atoms with E-state index in [9.17, 15) is 13.2 Å². The summed E-state index contributed by atoms with van der Waals surface area (Å²) in [5, 5.41) is 10.6. The Morgan fingerprint density at radius 2 is 1.97 bits per heavy atom. The van der Waals surface area contributed by atoms with Crippen LogP contribution in [-0.4, -0.2) is 52.0 Å². The van der Waals surface area contributed by atoms with Gasteiger partial charge in [-0.25, -0.2) is 27.7 Å². The van der Waals surface area contributed by atoms with Crippen molar-refractivity contribution in [3.63, 3.8) is 0 Å². The number of nitrogens with zero attached hydrogens (tertiary/aromatic N) is 4. The van der Waals surface area contributed by atoms with E-state index >= 15 is 0 Å². The van der Waals surface area contributed by atoms with Crippen molar-refractivity contribution >= 4 is 11.5 Å². The molecule has 3 aromatic rings. The molecule has 1 aliphatic heterocycles. The molecule has 2 N–H and O–H groups in total. The van der Waals surface area contributed by atoms with Crippen molar-refractivity contribution < 1.29 is 17.9 Å². The van der Waals surface area contributed by atoms with Gasteiger partial charge in [-0.05, 0) is 25.8 Å². The molecule has 2 fully saturated rings. The molecule has 4 heterocycles. The highest BCUT2D eigenvalue weighted by Crippen LogP contribution is 2.38. The number of methoxy groups -OCH3 is 1. The summed E-state index contributed by atoms with van der Waals surface area (Å²) in [6.45, 7) is 0.890. The van der Waals surface area contributed by atoms with Crippen LogP contribution in [0.25, 0.3) is 17.0 Å². The van der Waals surface area contributed by atoms with Crippen LogP contribution in [0.5, 0.6) is 5.75 Å². The Bertz CT molecular complexity index is 1130. The number of ether oxygens (including phenoxy) is 1. The SMILES string of the molecule is COc1cc2ncc(-c3nc(N[C@H]4CNCC[C@@H]4F)c(F)cc3F)n2nc1C1CCCC1. The molecule has 5 rings (SSSR count). The first-order chi connectivity index (χ1) is 15.5. The average molecular weight is 446 g/mol. The summed E-state index contributed by atoms with van der Waals surface area (Å²) in [6, 6.07) is 1.88. The molecule has 10 heteroatoms. The van der Waals surface area contributed by atoms with Crippen molar-refractivity contribution in [2.75, 3.05) is 25.5 Å². The maximum absolute atomic E-state index is 14.8. The fourth-order valence-electron chi connectivity index (χ4n) is 4.61. The van der Waals surface area contributed by atoms with Gasteiger partial charge in [0.1, 0.15) is 29.0 Å².